The molecule has 0 amide bonds. The molecule has 0 aliphatic heterocycles. The lowest BCUT2D eigenvalue weighted by molar-refractivity contribution is -0.142. The summed E-state index contributed by atoms with van der Waals surface area (Å²) in [5.41, 5.74) is -5.10. The van der Waals surface area contributed by atoms with Gasteiger partial charge in [-0.25, -0.2) is 18.6 Å². The minimum absolute atomic E-state index is 0.614. The van der Waals surface area contributed by atoms with E-state index >= 15 is 0 Å². The van der Waals surface area contributed by atoms with Gasteiger partial charge >= 0.3 is 12.1 Å². The number of pyridine rings is 1. The number of hydrogen-bond donors (Lipinski definition) is 1. The SMILES string of the molecule is Cc1c(C(=O)O)c(C(F)(F)F)nc(C(F)F)c1S(=O)C(C)C. The standard InChI is InChI=1S/C12H12F5NO3S/c1-4(2)22(21)8-5(3)6(11(19)20)9(12(15,16)17)18-7(8)10(13)14/h4,10H,1-3H3,(H,19,20). The number of carboxylic acids is 1. The van der Waals surface area contributed by atoms with E-state index in [2.05, 4.69) is 4.98 Å². The van der Waals surface area contributed by atoms with Crippen molar-refractivity contribution in [2.45, 2.75) is 43.5 Å². The monoisotopic (exact) mass is 345 g/mol. The van der Waals surface area contributed by atoms with Crippen molar-refractivity contribution in [2.24, 2.45) is 0 Å². The Labute approximate surface area is 124 Å². The molecule has 124 valence electrons. The molecule has 0 saturated carbocycles. The van der Waals surface area contributed by atoms with Crippen LogP contribution in [0.25, 0.3) is 0 Å². The average Bonchev–Trinajstić information content (AvgIpc) is 2.34. The lowest BCUT2D eigenvalue weighted by Gasteiger charge is -2.19. The smallest absolute Gasteiger partial charge is 0.434 e. The first-order valence-electron chi connectivity index (χ1n) is 5.93. The van der Waals surface area contributed by atoms with E-state index in [4.69, 9.17) is 5.11 Å². The molecule has 0 fully saturated rings. The van der Waals surface area contributed by atoms with Crippen molar-refractivity contribution >= 4 is 16.8 Å². The molecule has 0 aliphatic carbocycles. The molecule has 0 spiro atoms. The predicted molar refractivity (Wildman–Crippen MR) is 67.4 cm³/mol. The van der Waals surface area contributed by atoms with Gasteiger partial charge in [0.25, 0.3) is 6.43 Å². The van der Waals surface area contributed by atoms with Gasteiger partial charge in [-0.05, 0) is 12.5 Å². The lowest BCUT2D eigenvalue weighted by Crippen LogP contribution is -2.22. The highest BCUT2D eigenvalue weighted by atomic mass is 32.2. The molecule has 0 saturated heterocycles. The van der Waals surface area contributed by atoms with Crippen LogP contribution in [0.4, 0.5) is 22.0 Å². The van der Waals surface area contributed by atoms with E-state index in [0.29, 0.717) is 0 Å². The molecule has 1 unspecified atom stereocenters. The Balaban J connectivity index is 3.91. The first-order valence-corrected chi connectivity index (χ1v) is 7.14. The molecule has 1 atom stereocenters. The van der Waals surface area contributed by atoms with Gasteiger partial charge in [-0.2, -0.15) is 13.2 Å². The first-order chi connectivity index (χ1) is 9.89. The maximum atomic E-state index is 13.0. The van der Waals surface area contributed by atoms with Gasteiger partial charge in [0.15, 0.2) is 5.69 Å². The van der Waals surface area contributed by atoms with Crippen molar-refractivity contribution < 1.29 is 36.1 Å². The van der Waals surface area contributed by atoms with E-state index in [1.165, 1.54) is 13.8 Å². The molecule has 1 aromatic rings. The van der Waals surface area contributed by atoms with Crippen molar-refractivity contribution in [3.63, 3.8) is 0 Å². The van der Waals surface area contributed by atoms with E-state index in [0.717, 1.165) is 6.92 Å². The van der Waals surface area contributed by atoms with E-state index in [9.17, 15) is 31.0 Å². The van der Waals surface area contributed by atoms with Crippen LogP contribution in [0.15, 0.2) is 4.90 Å². The summed E-state index contributed by atoms with van der Waals surface area (Å²) in [7, 11) is -2.11. The van der Waals surface area contributed by atoms with Crippen molar-refractivity contribution in [2.75, 3.05) is 0 Å². The van der Waals surface area contributed by atoms with Crippen molar-refractivity contribution in [1.82, 2.24) is 4.98 Å². The Morgan fingerprint density at radius 3 is 2.09 bits per heavy atom. The van der Waals surface area contributed by atoms with Crippen LogP contribution < -0.4 is 0 Å². The molecule has 0 radical (unpaired) electrons. The number of rotatable bonds is 4. The predicted octanol–water partition coefficient (Wildman–Crippen LogP) is 3.56. The summed E-state index contributed by atoms with van der Waals surface area (Å²) in [5, 5.41) is 8.26. The van der Waals surface area contributed by atoms with Crippen LogP contribution in [0, 0.1) is 6.92 Å². The lowest BCUT2D eigenvalue weighted by atomic mass is 10.1. The summed E-state index contributed by atoms with van der Waals surface area (Å²) < 4.78 is 76.8. The van der Waals surface area contributed by atoms with E-state index < -0.39 is 62.0 Å². The fourth-order valence-electron chi connectivity index (χ4n) is 1.81. The van der Waals surface area contributed by atoms with Crippen LogP contribution in [0.3, 0.4) is 0 Å². The summed E-state index contributed by atoms with van der Waals surface area (Å²) in [4.78, 5) is 13.2. The maximum Gasteiger partial charge on any atom is 0.434 e. The third-order valence-corrected chi connectivity index (χ3v) is 4.51. The number of nitrogens with zero attached hydrogens (tertiary/aromatic N) is 1. The maximum absolute atomic E-state index is 13.0. The number of hydrogen-bond acceptors (Lipinski definition) is 3. The highest BCUT2D eigenvalue weighted by Crippen LogP contribution is 2.37. The highest BCUT2D eigenvalue weighted by Gasteiger charge is 2.41. The summed E-state index contributed by atoms with van der Waals surface area (Å²) in [6, 6.07) is 0. The minimum Gasteiger partial charge on any atom is -0.478 e. The zero-order valence-corrected chi connectivity index (χ0v) is 12.5. The van der Waals surface area contributed by atoms with Crippen LogP contribution in [0.5, 0.6) is 0 Å². The summed E-state index contributed by atoms with van der Waals surface area (Å²) in [6.07, 6.45) is -8.64. The second-order valence-electron chi connectivity index (χ2n) is 4.62. The van der Waals surface area contributed by atoms with Gasteiger partial charge in [0.05, 0.1) is 21.3 Å². The van der Waals surface area contributed by atoms with E-state index in [1.807, 2.05) is 0 Å². The third-order valence-electron chi connectivity index (χ3n) is 2.74. The Morgan fingerprint density at radius 2 is 1.77 bits per heavy atom. The van der Waals surface area contributed by atoms with Crippen LogP contribution in [-0.4, -0.2) is 25.5 Å². The number of halogens is 5. The molecule has 1 heterocycles. The fourth-order valence-corrected chi connectivity index (χ4v) is 3.03. The van der Waals surface area contributed by atoms with Crippen molar-refractivity contribution in [1.29, 1.82) is 0 Å². The zero-order chi connectivity index (χ0) is 17.4. The van der Waals surface area contributed by atoms with Crippen molar-refractivity contribution in [3.8, 4) is 0 Å². The number of carboxylic acid groups (broad SMARTS) is 1. The van der Waals surface area contributed by atoms with Gasteiger partial charge in [0, 0.05) is 5.25 Å². The Hall–Kier alpha value is -1.58. The molecule has 1 N–H and O–H groups in total. The fraction of sp³-hybridized carbons (Fsp3) is 0.500. The number of aromatic carboxylic acids is 1. The largest absolute Gasteiger partial charge is 0.478 e. The number of aromatic nitrogens is 1. The molecule has 1 rings (SSSR count). The molecule has 0 aliphatic rings. The van der Waals surface area contributed by atoms with Crippen LogP contribution >= 0.6 is 0 Å². The first kappa shape index (κ1) is 18.5. The molecule has 1 aromatic heterocycles. The molecule has 0 bridgehead atoms. The number of carbonyl (C=O) groups is 1. The van der Waals surface area contributed by atoms with Crippen LogP contribution in [0.2, 0.25) is 0 Å². The quantitative estimate of drug-likeness (QED) is 0.848. The van der Waals surface area contributed by atoms with Gasteiger partial charge in [-0.15, -0.1) is 0 Å². The Bertz CT molecular complexity index is 628. The third kappa shape index (κ3) is 3.42. The van der Waals surface area contributed by atoms with E-state index in [-0.39, 0.29) is 0 Å². The van der Waals surface area contributed by atoms with Crippen LogP contribution in [-0.2, 0) is 17.0 Å². The normalized spacial score (nSPS) is 13.7. The van der Waals surface area contributed by atoms with Gasteiger partial charge in [-0.3, -0.25) is 4.21 Å². The van der Waals surface area contributed by atoms with Gasteiger partial charge in [-0.1, -0.05) is 13.8 Å². The molecule has 4 nitrogen and oxygen atoms in total. The molecule has 10 heteroatoms. The second kappa shape index (κ2) is 6.27. The van der Waals surface area contributed by atoms with Gasteiger partial charge < -0.3 is 5.11 Å². The molecular weight excluding hydrogens is 333 g/mol. The summed E-state index contributed by atoms with van der Waals surface area (Å²) >= 11 is 0. The van der Waals surface area contributed by atoms with E-state index in [1.54, 1.807) is 0 Å². The van der Waals surface area contributed by atoms with Crippen molar-refractivity contribution in [3.05, 3.63) is 22.5 Å². The van der Waals surface area contributed by atoms with Gasteiger partial charge in [0.2, 0.25) is 0 Å². The van der Waals surface area contributed by atoms with Crippen LogP contribution in [0.1, 0.15) is 47.6 Å². The highest BCUT2D eigenvalue weighted by molar-refractivity contribution is 7.85. The Kier molecular flexibility index (Phi) is 5.26. The summed E-state index contributed by atoms with van der Waals surface area (Å²) in [5.74, 6) is -1.97. The van der Waals surface area contributed by atoms with Gasteiger partial charge in [0.1, 0.15) is 5.69 Å². The molecule has 22 heavy (non-hydrogen) atoms. The number of alkyl halides is 5. The second-order valence-corrected chi connectivity index (χ2v) is 6.57. The Morgan fingerprint density at radius 1 is 1.27 bits per heavy atom. The zero-order valence-electron chi connectivity index (χ0n) is 11.7. The average molecular weight is 345 g/mol. The molecular formula is C12H12F5NO3S. The topological polar surface area (TPSA) is 67.3 Å². The molecule has 0 aromatic carbocycles. The minimum atomic E-state index is -5.22. The summed E-state index contributed by atoms with van der Waals surface area (Å²) in [6.45, 7) is 3.73.